The Morgan fingerprint density at radius 3 is 2.65 bits per heavy atom. The average Bonchev–Trinajstić information content (AvgIpc) is 3.07. The van der Waals surface area contributed by atoms with Crippen LogP contribution >= 0.6 is 0 Å². The summed E-state index contributed by atoms with van der Waals surface area (Å²) in [6.07, 6.45) is 2.10. The van der Waals surface area contributed by atoms with Crippen molar-refractivity contribution < 1.29 is 4.79 Å². The number of benzene rings is 2. The molecule has 2 aliphatic rings. The van der Waals surface area contributed by atoms with E-state index in [9.17, 15) is 4.79 Å². The lowest BCUT2D eigenvalue weighted by Gasteiger charge is -2.32. The number of nitrogens with zero attached hydrogens (tertiary/aromatic N) is 2. The van der Waals surface area contributed by atoms with Crippen LogP contribution in [0.1, 0.15) is 42.9 Å². The first kappa shape index (κ1) is 17.3. The van der Waals surface area contributed by atoms with Gasteiger partial charge in [-0.05, 0) is 36.2 Å². The molecule has 0 saturated carbocycles. The van der Waals surface area contributed by atoms with Crippen LogP contribution in [0.5, 0.6) is 0 Å². The van der Waals surface area contributed by atoms with Gasteiger partial charge in [-0.1, -0.05) is 56.3 Å². The van der Waals surface area contributed by atoms with E-state index in [1.54, 1.807) is 0 Å². The van der Waals surface area contributed by atoms with E-state index in [0.717, 1.165) is 17.7 Å². The predicted molar refractivity (Wildman–Crippen MR) is 107 cm³/mol. The van der Waals surface area contributed by atoms with Gasteiger partial charge in [-0.2, -0.15) is 0 Å². The van der Waals surface area contributed by atoms with Crippen molar-refractivity contribution >= 4 is 11.5 Å². The number of fused-ring (bicyclic) bond motifs is 3. The number of anilines is 1. The van der Waals surface area contributed by atoms with Crippen LogP contribution in [0.2, 0.25) is 0 Å². The number of carbonyl (C=O) groups is 1. The maximum absolute atomic E-state index is 12.8. The first-order valence-electron chi connectivity index (χ1n) is 9.56. The lowest BCUT2D eigenvalue weighted by atomic mass is 9.80. The molecule has 1 saturated heterocycles. The van der Waals surface area contributed by atoms with Gasteiger partial charge in [0.2, 0.25) is 0 Å². The molecule has 0 spiro atoms. The Morgan fingerprint density at radius 1 is 1.19 bits per heavy atom. The van der Waals surface area contributed by atoms with E-state index in [1.165, 1.54) is 17.7 Å². The van der Waals surface area contributed by atoms with Crippen LogP contribution in [-0.4, -0.2) is 37.5 Å². The van der Waals surface area contributed by atoms with Gasteiger partial charge in [0.1, 0.15) is 5.78 Å². The number of carbonyl (C=O) groups excluding carboxylic acids is 1. The van der Waals surface area contributed by atoms with Crippen molar-refractivity contribution in [1.29, 1.82) is 0 Å². The van der Waals surface area contributed by atoms with Gasteiger partial charge in [0.05, 0.1) is 6.17 Å². The molecule has 0 bridgehead atoms. The summed E-state index contributed by atoms with van der Waals surface area (Å²) in [5.74, 6) is 0.223. The topological polar surface area (TPSA) is 23.6 Å². The highest BCUT2D eigenvalue weighted by molar-refractivity contribution is 5.87. The molecule has 26 heavy (non-hydrogen) atoms. The third-order valence-corrected chi connectivity index (χ3v) is 6.56. The number of hydrogen-bond acceptors (Lipinski definition) is 3. The predicted octanol–water partition coefficient (Wildman–Crippen LogP) is 3.97. The number of rotatable bonds is 4. The second kappa shape index (κ2) is 6.24. The van der Waals surface area contributed by atoms with Gasteiger partial charge in [0.25, 0.3) is 0 Å². The van der Waals surface area contributed by atoms with Crippen LogP contribution in [0.4, 0.5) is 5.69 Å². The maximum atomic E-state index is 12.8. The zero-order chi connectivity index (χ0) is 18.5. The standard InChI is InChI=1S/C23H28N2O/c1-16(18-8-6-5-7-9-18)21(26)15-17-10-11-20-19(14-17)23(2)12-13-24(3)22(23)25(20)4/h5-11,14,16,22H,12-13,15H2,1-4H3. The van der Waals surface area contributed by atoms with Gasteiger partial charge in [-0.15, -0.1) is 0 Å². The lowest BCUT2D eigenvalue weighted by molar-refractivity contribution is -0.119. The molecule has 1 fully saturated rings. The minimum absolute atomic E-state index is 0.0620. The molecule has 2 aromatic rings. The van der Waals surface area contributed by atoms with E-state index in [2.05, 4.69) is 49.0 Å². The van der Waals surface area contributed by atoms with Crippen LogP contribution in [0, 0.1) is 0 Å². The van der Waals surface area contributed by atoms with Gasteiger partial charge < -0.3 is 4.90 Å². The summed E-state index contributed by atoms with van der Waals surface area (Å²) in [4.78, 5) is 17.7. The Bertz CT molecular complexity index is 831. The minimum atomic E-state index is -0.0620. The van der Waals surface area contributed by atoms with Crippen LogP contribution in [0.25, 0.3) is 0 Å². The van der Waals surface area contributed by atoms with Gasteiger partial charge in [-0.3, -0.25) is 9.69 Å². The Balaban J connectivity index is 1.59. The van der Waals surface area contributed by atoms with Crippen molar-refractivity contribution in [3.8, 4) is 0 Å². The Labute approximate surface area is 156 Å². The van der Waals surface area contributed by atoms with Gasteiger partial charge in [0.15, 0.2) is 0 Å². The summed E-state index contributed by atoms with van der Waals surface area (Å²) >= 11 is 0. The van der Waals surface area contributed by atoms with Crippen LogP contribution < -0.4 is 4.90 Å². The molecule has 0 amide bonds. The largest absolute Gasteiger partial charge is 0.358 e. The summed E-state index contributed by atoms with van der Waals surface area (Å²) in [5.41, 5.74) is 5.12. The fraction of sp³-hybridized carbons (Fsp3) is 0.435. The second-order valence-corrected chi connectivity index (χ2v) is 8.26. The molecule has 0 radical (unpaired) electrons. The molecule has 136 valence electrons. The summed E-state index contributed by atoms with van der Waals surface area (Å²) in [6, 6.07) is 16.7. The summed E-state index contributed by atoms with van der Waals surface area (Å²) in [6.45, 7) is 5.52. The molecule has 0 aliphatic carbocycles. The first-order chi connectivity index (χ1) is 12.4. The molecule has 0 N–H and O–H groups in total. The molecule has 2 aliphatic heterocycles. The lowest BCUT2D eigenvalue weighted by Crippen LogP contribution is -2.45. The smallest absolute Gasteiger partial charge is 0.144 e. The van der Waals surface area contributed by atoms with E-state index >= 15 is 0 Å². The monoisotopic (exact) mass is 348 g/mol. The molecule has 2 heterocycles. The van der Waals surface area contributed by atoms with Crippen LogP contribution in [0.15, 0.2) is 48.5 Å². The molecule has 4 rings (SSSR count). The number of likely N-dealkylation sites (tertiary alicyclic amines) is 1. The first-order valence-corrected chi connectivity index (χ1v) is 9.56. The molecule has 0 aromatic heterocycles. The normalized spacial score (nSPS) is 25.8. The SMILES string of the molecule is CC(C(=O)Cc1ccc2c(c1)C1(C)CCN(C)C1N2C)c1ccccc1. The number of ketones is 1. The fourth-order valence-corrected chi connectivity index (χ4v) is 5.02. The summed E-state index contributed by atoms with van der Waals surface area (Å²) < 4.78 is 0. The summed E-state index contributed by atoms with van der Waals surface area (Å²) in [7, 11) is 4.41. The van der Waals surface area contributed by atoms with Crippen LogP contribution in [-0.2, 0) is 16.6 Å². The molecule has 3 unspecified atom stereocenters. The van der Waals surface area contributed by atoms with Gasteiger partial charge in [0, 0.05) is 37.0 Å². The van der Waals surface area contributed by atoms with E-state index in [1.807, 2.05) is 37.3 Å². The second-order valence-electron chi connectivity index (χ2n) is 8.26. The van der Waals surface area contributed by atoms with Crippen molar-refractivity contribution in [2.24, 2.45) is 0 Å². The fourth-order valence-electron chi connectivity index (χ4n) is 5.02. The number of Topliss-reactive ketones (excluding diaryl/α,β-unsaturated/α-hetero) is 1. The maximum Gasteiger partial charge on any atom is 0.144 e. The highest BCUT2D eigenvalue weighted by Gasteiger charge is 2.52. The highest BCUT2D eigenvalue weighted by Crippen LogP contribution is 2.51. The van der Waals surface area contributed by atoms with E-state index in [-0.39, 0.29) is 17.1 Å². The zero-order valence-electron chi connectivity index (χ0n) is 16.2. The third kappa shape index (κ3) is 2.57. The molecule has 3 heteroatoms. The Kier molecular flexibility index (Phi) is 4.15. The van der Waals surface area contributed by atoms with E-state index in [4.69, 9.17) is 0 Å². The van der Waals surface area contributed by atoms with Crippen molar-refractivity contribution in [3.05, 3.63) is 65.2 Å². The Morgan fingerprint density at radius 2 is 1.92 bits per heavy atom. The van der Waals surface area contributed by atoms with Gasteiger partial charge >= 0.3 is 0 Å². The van der Waals surface area contributed by atoms with E-state index in [0.29, 0.717) is 12.6 Å². The summed E-state index contributed by atoms with van der Waals surface area (Å²) in [5, 5.41) is 0. The molecular weight excluding hydrogens is 320 g/mol. The minimum Gasteiger partial charge on any atom is -0.358 e. The number of likely N-dealkylation sites (N-methyl/N-ethyl adjacent to an activating group) is 2. The van der Waals surface area contributed by atoms with Crippen molar-refractivity contribution in [3.63, 3.8) is 0 Å². The quantitative estimate of drug-likeness (QED) is 0.835. The van der Waals surface area contributed by atoms with Crippen molar-refractivity contribution in [2.45, 2.75) is 44.2 Å². The van der Waals surface area contributed by atoms with Gasteiger partial charge in [-0.25, -0.2) is 0 Å². The molecule has 3 nitrogen and oxygen atoms in total. The van der Waals surface area contributed by atoms with E-state index < -0.39 is 0 Å². The van der Waals surface area contributed by atoms with Crippen molar-refractivity contribution in [2.75, 3.05) is 25.5 Å². The molecule has 3 atom stereocenters. The molecule has 2 aromatic carbocycles. The average molecular weight is 348 g/mol. The molecular formula is C23H28N2O. The Hall–Kier alpha value is -2.13. The highest BCUT2D eigenvalue weighted by atomic mass is 16.1. The van der Waals surface area contributed by atoms with Crippen molar-refractivity contribution in [1.82, 2.24) is 4.90 Å². The van der Waals surface area contributed by atoms with Crippen LogP contribution in [0.3, 0.4) is 0 Å². The zero-order valence-corrected chi connectivity index (χ0v) is 16.2. The number of hydrogen-bond donors (Lipinski definition) is 0. The third-order valence-electron chi connectivity index (χ3n) is 6.56.